The minimum atomic E-state index is -0.922. The highest BCUT2D eigenvalue weighted by molar-refractivity contribution is 6.13. The summed E-state index contributed by atoms with van der Waals surface area (Å²) in [6.07, 6.45) is 1.19. The van der Waals surface area contributed by atoms with Crippen molar-refractivity contribution in [2.75, 3.05) is 31.5 Å². The predicted molar refractivity (Wildman–Crippen MR) is 95.0 cm³/mol. The van der Waals surface area contributed by atoms with E-state index in [-0.39, 0.29) is 17.7 Å². The third kappa shape index (κ3) is 3.25. The number of nitrogens with zero attached hydrogens (tertiary/aromatic N) is 2. The van der Waals surface area contributed by atoms with Gasteiger partial charge in [0.1, 0.15) is 5.41 Å². The Morgan fingerprint density at radius 1 is 1.00 bits per heavy atom. The Morgan fingerprint density at radius 3 is 2.16 bits per heavy atom. The summed E-state index contributed by atoms with van der Waals surface area (Å²) in [5.74, 6) is -0.278. The second-order valence-electron chi connectivity index (χ2n) is 7.08. The van der Waals surface area contributed by atoms with Gasteiger partial charge in [-0.1, -0.05) is 12.1 Å². The van der Waals surface area contributed by atoms with Crippen LogP contribution in [0.4, 0.5) is 5.69 Å². The van der Waals surface area contributed by atoms with Crippen molar-refractivity contribution in [2.24, 2.45) is 5.41 Å². The Balaban J connectivity index is 1.67. The summed E-state index contributed by atoms with van der Waals surface area (Å²) in [6, 6.07) is 5.77. The number of rotatable bonds is 3. The lowest BCUT2D eigenvalue weighted by molar-refractivity contribution is -0.146. The zero-order chi connectivity index (χ0) is 18.2. The summed E-state index contributed by atoms with van der Waals surface area (Å²) in [5, 5.41) is 2.95. The van der Waals surface area contributed by atoms with Crippen LogP contribution < -0.4 is 5.32 Å². The monoisotopic (exact) mass is 343 g/mol. The molecular weight excluding hydrogens is 318 g/mol. The van der Waals surface area contributed by atoms with Gasteiger partial charge in [-0.2, -0.15) is 0 Å². The normalized spacial score (nSPS) is 18.7. The van der Waals surface area contributed by atoms with Crippen LogP contribution in [0.15, 0.2) is 18.2 Å². The van der Waals surface area contributed by atoms with E-state index in [1.54, 1.807) is 9.80 Å². The largest absolute Gasteiger partial charge is 0.339 e. The van der Waals surface area contributed by atoms with E-state index in [0.29, 0.717) is 39.0 Å². The van der Waals surface area contributed by atoms with Crippen LogP contribution in [0.1, 0.15) is 30.9 Å². The first-order valence-corrected chi connectivity index (χ1v) is 8.78. The number of amides is 3. The molecule has 0 spiro atoms. The van der Waals surface area contributed by atoms with Gasteiger partial charge in [-0.15, -0.1) is 0 Å². The molecule has 25 heavy (non-hydrogen) atoms. The van der Waals surface area contributed by atoms with Crippen molar-refractivity contribution in [3.63, 3.8) is 0 Å². The minimum Gasteiger partial charge on any atom is -0.339 e. The molecule has 1 saturated heterocycles. The van der Waals surface area contributed by atoms with Crippen molar-refractivity contribution in [1.82, 2.24) is 9.80 Å². The molecule has 1 aliphatic carbocycles. The number of hydrogen-bond donors (Lipinski definition) is 1. The molecule has 1 aromatic carbocycles. The van der Waals surface area contributed by atoms with E-state index in [1.807, 2.05) is 32.0 Å². The van der Waals surface area contributed by atoms with Gasteiger partial charge in [-0.25, -0.2) is 0 Å². The van der Waals surface area contributed by atoms with Crippen molar-refractivity contribution in [1.29, 1.82) is 0 Å². The lowest BCUT2D eigenvalue weighted by atomic mass is 10.0. The van der Waals surface area contributed by atoms with Crippen LogP contribution in [0, 0.1) is 19.3 Å². The molecule has 1 N–H and O–H groups in total. The summed E-state index contributed by atoms with van der Waals surface area (Å²) < 4.78 is 0. The van der Waals surface area contributed by atoms with Crippen molar-refractivity contribution >= 4 is 23.4 Å². The number of carbonyl (C=O) groups is 3. The third-order valence-electron chi connectivity index (χ3n) is 5.46. The lowest BCUT2D eigenvalue weighted by Crippen LogP contribution is -2.53. The Kier molecular flexibility index (Phi) is 4.54. The molecule has 134 valence electrons. The molecule has 2 fully saturated rings. The number of benzene rings is 1. The number of anilines is 1. The van der Waals surface area contributed by atoms with E-state index in [1.165, 1.54) is 6.92 Å². The van der Waals surface area contributed by atoms with E-state index in [0.717, 1.165) is 16.8 Å². The number of carbonyl (C=O) groups excluding carboxylic acids is 3. The first-order valence-electron chi connectivity index (χ1n) is 8.78. The van der Waals surface area contributed by atoms with E-state index < -0.39 is 5.41 Å². The van der Waals surface area contributed by atoms with Crippen LogP contribution in [0.25, 0.3) is 0 Å². The zero-order valence-corrected chi connectivity index (χ0v) is 15.1. The molecule has 1 aromatic rings. The molecule has 6 heteroatoms. The summed E-state index contributed by atoms with van der Waals surface area (Å²) in [5.41, 5.74) is 1.98. The number of aryl methyl sites for hydroxylation is 1. The van der Waals surface area contributed by atoms with E-state index in [2.05, 4.69) is 5.32 Å². The third-order valence-corrected chi connectivity index (χ3v) is 5.46. The van der Waals surface area contributed by atoms with Crippen LogP contribution >= 0.6 is 0 Å². The molecule has 0 bridgehead atoms. The number of piperazine rings is 1. The Labute approximate surface area is 148 Å². The van der Waals surface area contributed by atoms with Crippen molar-refractivity contribution in [3.05, 3.63) is 29.3 Å². The average molecular weight is 343 g/mol. The fraction of sp³-hybridized carbons (Fsp3) is 0.526. The van der Waals surface area contributed by atoms with Gasteiger partial charge in [0.15, 0.2) is 0 Å². The fourth-order valence-corrected chi connectivity index (χ4v) is 3.32. The van der Waals surface area contributed by atoms with E-state index in [9.17, 15) is 14.4 Å². The van der Waals surface area contributed by atoms with Gasteiger partial charge in [0, 0.05) is 38.8 Å². The highest BCUT2D eigenvalue weighted by Crippen LogP contribution is 2.48. The van der Waals surface area contributed by atoms with Crippen molar-refractivity contribution in [3.8, 4) is 0 Å². The minimum absolute atomic E-state index is 0.0286. The zero-order valence-electron chi connectivity index (χ0n) is 15.1. The highest BCUT2D eigenvalue weighted by Gasteiger charge is 2.58. The van der Waals surface area contributed by atoms with Gasteiger partial charge in [-0.05, 0) is 43.9 Å². The van der Waals surface area contributed by atoms with E-state index in [4.69, 9.17) is 0 Å². The summed E-state index contributed by atoms with van der Waals surface area (Å²) in [4.78, 5) is 40.6. The quantitative estimate of drug-likeness (QED) is 0.850. The molecule has 6 nitrogen and oxygen atoms in total. The lowest BCUT2D eigenvalue weighted by Gasteiger charge is -2.36. The Bertz CT molecular complexity index is 717. The van der Waals surface area contributed by atoms with Crippen molar-refractivity contribution in [2.45, 2.75) is 33.6 Å². The smallest absolute Gasteiger partial charge is 0.240 e. The van der Waals surface area contributed by atoms with Gasteiger partial charge in [-0.3, -0.25) is 14.4 Å². The topological polar surface area (TPSA) is 69.7 Å². The van der Waals surface area contributed by atoms with Gasteiger partial charge in [0.25, 0.3) is 0 Å². The van der Waals surface area contributed by atoms with Crippen molar-refractivity contribution < 1.29 is 14.4 Å². The maximum Gasteiger partial charge on any atom is 0.240 e. The van der Waals surface area contributed by atoms with Gasteiger partial charge in [0.2, 0.25) is 17.7 Å². The molecule has 3 rings (SSSR count). The highest BCUT2D eigenvalue weighted by atomic mass is 16.2. The number of nitrogens with one attached hydrogen (secondary N) is 1. The molecular formula is C19H25N3O3. The molecule has 1 saturated carbocycles. The molecule has 0 radical (unpaired) electrons. The molecule has 0 aromatic heterocycles. The van der Waals surface area contributed by atoms with Gasteiger partial charge >= 0.3 is 0 Å². The van der Waals surface area contributed by atoms with Crippen LogP contribution in [-0.4, -0.2) is 53.7 Å². The molecule has 0 unspecified atom stereocenters. The van der Waals surface area contributed by atoms with Crippen LogP contribution in [0.5, 0.6) is 0 Å². The molecule has 1 heterocycles. The summed E-state index contributed by atoms with van der Waals surface area (Å²) >= 11 is 0. The standard InChI is InChI=1S/C19H25N3O3/c1-13-5-4-6-16(14(13)2)20-17(24)19(7-8-19)18(25)22-11-9-21(10-12-22)15(3)23/h4-6H,7-12H2,1-3H3,(H,20,24). The first kappa shape index (κ1) is 17.5. The summed E-state index contributed by atoms with van der Waals surface area (Å²) in [7, 11) is 0. The maximum atomic E-state index is 12.9. The maximum absolute atomic E-state index is 12.9. The fourth-order valence-electron chi connectivity index (χ4n) is 3.32. The van der Waals surface area contributed by atoms with Crippen LogP contribution in [0.3, 0.4) is 0 Å². The van der Waals surface area contributed by atoms with Crippen LogP contribution in [0.2, 0.25) is 0 Å². The average Bonchev–Trinajstić information content (AvgIpc) is 3.40. The summed E-state index contributed by atoms with van der Waals surface area (Å²) in [6.45, 7) is 7.57. The SMILES string of the molecule is CC(=O)N1CCN(C(=O)C2(C(=O)Nc3cccc(C)c3C)CC2)CC1. The van der Waals surface area contributed by atoms with Gasteiger partial charge < -0.3 is 15.1 Å². The molecule has 2 aliphatic rings. The molecule has 1 aliphatic heterocycles. The van der Waals surface area contributed by atoms with Gasteiger partial charge in [0.05, 0.1) is 0 Å². The number of hydrogen-bond acceptors (Lipinski definition) is 3. The predicted octanol–water partition coefficient (Wildman–Crippen LogP) is 1.71. The Morgan fingerprint density at radius 2 is 1.60 bits per heavy atom. The second kappa shape index (κ2) is 6.50. The molecule has 3 amide bonds. The Hall–Kier alpha value is -2.37. The second-order valence-corrected chi connectivity index (χ2v) is 7.08. The first-order chi connectivity index (χ1) is 11.8. The molecule has 0 atom stereocenters. The van der Waals surface area contributed by atoms with Crippen LogP contribution in [-0.2, 0) is 14.4 Å². The van der Waals surface area contributed by atoms with E-state index >= 15 is 0 Å².